The van der Waals surface area contributed by atoms with E-state index in [1.807, 2.05) is 32.0 Å². The molecule has 1 aliphatic heterocycles. The molecule has 1 aromatic carbocycles. The lowest BCUT2D eigenvalue weighted by Crippen LogP contribution is -2.46. The summed E-state index contributed by atoms with van der Waals surface area (Å²) in [5, 5.41) is 11.9. The molecule has 20 heavy (non-hydrogen) atoms. The number of hydrogen-bond acceptors (Lipinski definition) is 3. The maximum absolute atomic E-state index is 12.6. The van der Waals surface area contributed by atoms with Crippen LogP contribution in [0.25, 0.3) is 0 Å². The number of hydrogen-bond donors (Lipinski definition) is 2. The van der Waals surface area contributed by atoms with Crippen LogP contribution in [0.5, 0.6) is 0 Å². The predicted octanol–water partition coefficient (Wildman–Crippen LogP) is 1.59. The summed E-state index contributed by atoms with van der Waals surface area (Å²) < 4.78 is 0. The van der Waals surface area contributed by atoms with E-state index in [0.29, 0.717) is 13.1 Å². The average molecular weight is 275 g/mol. The Morgan fingerprint density at radius 1 is 1.35 bits per heavy atom. The molecule has 0 radical (unpaired) electrons. The standard InChI is InChI=1S/C15H21N3O2/c1-10(2)13(14(16)17-20)15(19)18-8-7-11-5-3-4-6-12(11)9-18/h3-6,10,13,20H,7-9H2,1-2H3,(H2,16,17). The van der Waals surface area contributed by atoms with Gasteiger partial charge in [-0.1, -0.05) is 43.3 Å². The van der Waals surface area contributed by atoms with Crippen molar-refractivity contribution in [3.8, 4) is 0 Å². The lowest BCUT2D eigenvalue weighted by Gasteiger charge is -2.32. The van der Waals surface area contributed by atoms with Crippen molar-refractivity contribution in [2.24, 2.45) is 22.7 Å². The molecule has 1 heterocycles. The van der Waals surface area contributed by atoms with Crippen molar-refractivity contribution in [1.29, 1.82) is 0 Å². The van der Waals surface area contributed by atoms with Crippen LogP contribution in [-0.4, -0.2) is 28.4 Å². The van der Waals surface area contributed by atoms with E-state index in [-0.39, 0.29) is 17.7 Å². The molecular weight excluding hydrogens is 254 g/mol. The first-order valence-electron chi connectivity index (χ1n) is 6.87. The number of oxime groups is 1. The lowest BCUT2D eigenvalue weighted by atomic mass is 9.91. The molecule has 3 N–H and O–H groups in total. The van der Waals surface area contributed by atoms with Crippen molar-refractivity contribution >= 4 is 11.7 Å². The first-order valence-corrected chi connectivity index (χ1v) is 6.87. The van der Waals surface area contributed by atoms with Crippen LogP contribution in [-0.2, 0) is 17.8 Å². The molecule has 108 valence electrons. The minimum atomic E-state index is -0.565. The average Bonchev–Trinajstić information content (AvgIpc) is 2.46. The van der Waals surface area contributed by atoms with E-state index >= 15 is 0 Å². The maximum atomic E-state index is 12.6. The van der Waals surface area contributed by atoms with Crippen LogP contribution in [0.1, 0.15) is 25.0 Å². The number of amides is 1. The minimum Gasteiger partial charge on any atom is -0.409 e. The minimum absolute atomic E-state index is 0.00410. The largest absolute Gasteiger partial charge is 0.409 e. The fourth-order valence-electron chi connectivity index (χ4n) is 2.70. The van der Waals surface area contributed by atoms with E-state index in [1.54, 1.807) is 4.90 Å². The molecule has 1 aliphatic rings. The molecule has 0 spiro atoms. The number of nitrogens with zero attached hydrogens (tertiary/aromatic N) is 2. The van der Waals surface area contributed by atoms with Crippen molar-refractivity contribution in [3.63, 3.8) is 0 Å². The van der Waals surface area contributed by atoms with Crippen LogP contribution in [0.15, 0.2) is 29.4 Å². The van der Waals surface area contributed by atoms with Gasteiger partial charge in [-0.25, -0.2) is 0 Å². The van der Waals surface area contributed by atoms with E-state index < -0.39 is 5.92 Å². The third-order valence-corrected chi connectivity index (χ3v) is 3.81. The molecule has 1 amide bonds. The summed E-state index contributed by atoms with van der Waals surface area (Å²) in [6, 6.07) is 8.14. The Bertz CT molecular complexity index is 526. The number of carbonyl (C=O) groups excluding carboxylic acids is 1. The van der Waals surface area contributed by atoms with Crippen molar-refractivity contribution in [1.82, 2.24) is 4.90 Å². The molecule has 0 saturated carbocycles. The summed E-state index contributed by atoms with van der Waals surface area (Å²) in [7, 11) is 0. The molecule has 0 aromatic heterocycles. The number of nitrogens with two attached hydrogens (primary N) is 1. The van der Waals surface area contributed by atoms with Gasteiger partial charge in [0.25, 0.3) is 0 Å². The molecule has 1 unspecified atom stereocenters. The fraction of sp³-hybridized carbons (Fsp3) is 0.467. The molecule has 0 fully saturated rings. The molecule has 2 rings (SSSR count). The molecule has 5 heteroatoms. The topological polar surface area (TPSA) is 78.9 Å². The van der Waals surface area contributed by atoms with Gasteiger partial charge in [0.05, 0.1) is 0 Å². The van der Waals surface area contributed by atoms with Crippen LogP contribution in [0, 0.1) is 11.8 Å². The Morgan fingerprint density at radius 2 is 2.00 bits per heavy atom. The highest BCUT2D eigenvalue weighted by molar-refractivity contribution is 6.02. The van der Waals surface area contributed by atoms with Gasteiger partial charge in [-0.05, 0) is 23.5 Å². The smallest absolute Gasteiger partial charge is 0.233 e. The summed E-state index contributed by atoms with van der Waals surface area (Å²) >= 11 is 0. The quantitative estimate of drug-likeness (QED) is 0.380. The van der Waals surface area contributed by atoms with E-state index in [2.05, 4.69) is 11.2 Å². The van der Waals surface area contributed by atoms with Gasteiger partial charge in [0, 0.05) is 13.1 Å². The maximum Gasteiger partial charge on any atom is 0.233 e. The zero-order valence-electron chi connectivity index (χ0n) is 11.9. The number of rotatable bonds is 3. The Labute approximate surface area is 119 Å². The lowest BCUT2D eigenvalue weighted by molar-refractivity contribution is -0.135. The summed E-state index contributed by atoms with van der Waals surface area (Å²) in [6.07, 6.45) is 0.850. The van der Waals surface area contributed by atoms with Gasteiger partial charge in [-0.15, -0.1) is 0 Å². The van der Waals surface area contributed by atoms with Gasteiger partial charge in [0.15, 0.2) is 5.84 Å². The molecule has 1 aromatic rings. The number of fused-ring (bicyclic) bond motifs is 1. The Balaban J connectivity index is 2.18. The SMILES string of the molecule is CC(C)C(C(=O)N1CCc2ccccc2C1)C(N)=NO. The van der Waals surface area contributed by atoms with Gasteiger partial charge in [0.1, 0.15) is 5.92 Å². The van der Waals surface area contributed by atoms with Crippen LogP contribution in [0.2, 0.25) is 0 Å². The van der Waals surface area contributed by atoms with E-state index in [9.17, 15) is 4.79 Å². The predicted molar refractivity (Wildman–Crippen MR) is 77.3 cm³/mol. The first-order chi connectivity index (χ1) is 9.54. The third-order valence-electron chi connectivity index (χ3n) is 3.81. The second-order valence-electron chi connectivity index (χ2n) is 5.53. The highest BCUT2D eigenvalue weighted by Crippen LogP contribution is 2.22. The molecular formula is C15H21N3O2. The number of benzene rings is 1. The van der Waals surface area contributed by atoms with Crippen LogP contribution >= 0.6 is 0 Å². The van der Waals surface area contributed by atoms with Crippen LogP contribution in [0.3, 0.4) is 0 Å². The summed E-state index contributed by atoms with van der Waals surface area (Å²) in [5.74, 6) is -0.644. The monoisotopic (exact) mass is 275 g/mol. The normalized spacial score (nSPS) is 16.9. The Hall–Kier alpha value is -2.04. The molecule has 5 nitrogen and oxygen atoms in total. The third kappa shape index (κ3) is 2.76. The zero-order chi connectivity index (χ0) is 14.7. The fourth-order valence-corrected chi connectivity index (χ4v) is 2.70. The van der Waals surface area contributed by atoms with Gasteiger partial charge >= 0.3 is 0 Å². The second-order valence-corrected chi connectivity index (χ2v) is 5.53. The van der Waals surface area contributed by atoms with E-state index in [1.165, 1.54) is 11.1 Å². The van der Waals surface area contributed by atoms with Gasteiger partial charge < -0.3 is 15.8 Å². The van der Waals surface area contributed by atoms with E-state index in [0.717, 1.165) is 6.42 Å². The Kier molecular flexibility index (Phi) is 4.27. The van der Waals surface area contributed by atoms with Gasteiger partial charge in [0.2, 0.25) is 5.91 Å². The summed E-state index contributed by atoms with van der Waals surface area (Å²) in [4.78, 5) is 14.4. The molecule has 0 saturated heterocycles. The molecule has 0 aliphatic carbocycles. The van der Waals surface area contributed by atoms with Gasteiger partial charge in [-0.2, -0.15) is 0 Å². The van der Waals surface area contributed by atoms with Crippen LogP contribution in [0.4, 0.5) is 0 Å². The highest BCUT2D eigenvalue weighted by Gasteiger charge is 2.32. The van der Waals surface area contributed by atoms with Crippen LogP contribution < -0.4 is 5.73 Å². The molecule has 1 atom stereocenters. The Morgan fingerprint density at radius 3 is 2.60 bits per heavy atom. The highest BCUT2D eigenvalue weighted by atomic mass is 16.4. The summed E-state index contributed by atoms with van der Waals surface area (Å²) in [5.41, 5.74) is 8.14. The zero-order valence-corrected chi connectivity index (χ0v) is 11.9. The second kappa shape index (κ2) is 5.94. The van der Waals surface area contributed by atoms with Crippen molar-refractivity contribution in [2.75, 3.05) is 6.54 Å². The molecule has 0 bridgehead atoms. The van der Waals surface area contributed by atoms with Gasteiger partial charge in [-0.3, -0.25) is 4.79 Å². The number of amidine groups is 1. The summed E-state index contributed by atoms with van der Waals surface area (Å²) in [6.45, 7) is 5.08. The number of carbonyl (C=O) groups is 1. The van der Waals surface area contributed by atoms with Crippen molar-refractivity contribution in [3.05, 3.63) is 35.4 Å². The van der Waals surface area contributed by atoms with Crippen molar-refractivity contribution in [2.45, 2.75) is 26.8 Å². The van der Waals surface area contributed by atoms with E-state index in [4.69, 9.17) is 10.9 Å². The van der Waals surface area contributed by atoms with Crippen molar-refractivity contribution < 1.29 is 10.0 Å². The first kappa shape index (κ1) is 14.4.